The molecule has 2 atom stereocenters. The number of allylic oxidation sites excluding steroid dienone is 22. The summed E-state index contributed by atoms with van der Waals surface area (Å²) in [6, 6.07) is 0. The molecule has 0 aliphatic carbocycles. The summed E-state index contributed by atoms with van der Waals surface area (Å²) >= 11 is 0. The molecule has 0 heterocycles. The van der Waals surface area contributed by atoms with Gasteiger partial charge in [0.2, 0.25) is 0 Å². The molecule has 2 unspecified atom stereocenters. The van der Waals surface area contributed by atoms with E-state index in [2.05, 4.69) is 123 Å². The van der Waals surface area contributed by atoms with Gasteiger partial charge < -0.3 is 20.1 Å². The third-order valence-corrected chi connectivity index (χ3v) is 9.03. The number of hydrogen-bond acceptors (Lipinski definition) is 8. The summed E-state index contributed by atoms with van der Waals surface area (Å²) in [5.41, 5.74) is 5.34. The Kier molecular flexibility index (Phi) is 40.9. The molecular weight excluding hydrogens is 762 g/mol. The lowest BCUT2D eigenvalue weighted by molar-refractivity contribution is -0.161. The molecule has 0 aliphatic heterocycles. The second kappa shape index (κ2) is 43.7. The zero-order chi connectivity index (χ0) is 43.2. The highest BCUT2D eigenvalue weighted by atomic mass is 31.2. The zero-order valence-corrected chi connectivity index (χ0v) is 37.1. The van der Waals surface area contributed by atoms with Gasteiger partial charge in [-0.2, -0.15) is 0 Å². The van der Waals surface area contributed by atoms with E-state index in [9.17, 15) is 19.0 Å². The maximum absolute atomic E-state index is 12.6. The number of carbonyl (C=O) groups excluding carboxylic acids is 2. The van der Waals surface area contributed by atoms with Gasteiger partial charge in [-0.05, 0) is 89.9 Å². The molecule has 330 valence electrons. The maximum Gasteiger partial charge on any atom is 0.472 e. The van der Waals surface area contributed by atoms with E-state index in [-0.39, 0.29) is 32.6 Å². The molecule has 0 rings (SSSR count). The first-order chi connectivity index (χ1) is 28.8. The van der Waals surface area contributed by atoms with E-state index in [1.54, 1.807) is 0 Å². The van der Waals surface area contributed by atoms with Crippen LogP contribution >= 0.6 is 7.82 Å². The summed E-state index contributed by atoms with van der Waals surface area (Å²) in [7, 11) is -4.42. The van der Waals surface area contributed by atoms with Gasteiger partial charge in [0.05, 0.1) is 13.2 Å². The van der Waals surface area contributed by atoms with Gasteiger partial charge in [-0.25, -0.2) is 4.57 Å². The SMILES string of the molecule is CCC=CCC=CCC=CCC=CCC=CCC=CCCC(=O)OC(COC(=O)CCC=CCC=CCC=CCC=CCC=CCCCCC)COP(=O)(O)OCCN. The van der Waals surface area contributed by atoms with Crippen molar-refractivity contribution in [2.75, 3.05) is 26.4 Å². The topological polar surface area (TPSA) is 134 Å². The molecule has 0 saturated heterocycles. The molecule has 0 saturated carbocycles. The van der Waals surface area contributed by atoms with Crippen molar-refractivity contribution in [2.24, 2.45) is 5.73 Å². The lowest BCUT2D eigenvalue weighted by atomic mass is 10.2. The van der Waals surface area contributed by atoms with Gasteiger partial charge >= 0.3 is 19.8 Å². The normalized spacial score (nSPS) is 14.6. The van der Waals surface area contributed by atoms with E-state index in [0.29, 0.717) is 12.8 Å². The van der Waals surface area contributed by atoms with Crippen LogP contribution in [0.4, 0.5) is 0 Å². The Hall–Kier alpha value is -3.85. The average Bonchev–Trinajstić information content (AvgIpc) is 3.22. The summed E-state index contributed by atoms with van der Waals surface area (Å²) in [5.74, 6) is -1.04. The molecule has 9 nitrogen and oxygen atoms in total. The summed E-state index contributed by atoms with van der Waals surface area (Å²) < 4.78 is 32.6. The third kappa shape index (κ3) is 43.6. The Labute approximate surface area is 357 Å². The minimum absolute atomic E-state index is 0.0243. The summed E-state index contributed by atoms with van der Waals surface area (Å²) in [5, 5.41) is 0. The lowest BCUT2D eigenvalue weighted by Gasteiger charge is -2.19. The molecule has 0 aromatic rings. The first kappa shape index (κ1) is 55.2. The second-order valence-electron chi connectivity index (χ2n) is 13.5. The molecule has 0 fully saturated rings. The van der Waals surface area contributed by atoms with E-state index >= 15 is 0 Å². The van der Waals surface area contributed by atoms with E-state index in [0.717, 1.165) is 64.2 Å². The fourth-order valence-corrected chi connectivity index (χ4v) is 5.64. The van der Waals surface area contributed by atoms with Crippen molar-refractivity contribution in [2.45, 2.75) is 136 Å². The van der Waals surface area contributed by atoms with Gasteiger partial charge in [0, 0.05) is 19.4 Å². The van der Waals surface area contributed by atoms with Crippen LogP contribution in [0.15, 0.2) is 134 Å². The van der Waals surface area contributed by atoms with Crippen LogP contribution in [-0.4, -0.2) is 49.3 Å². The number of unbranched alkanes of at least 4 members (excludes halogenated alkanes) is 3. The lowest BCUT2D eigenvalue weighted by Crippen LogP contribution is -2.29. The number of carbonyl (C=O) groups is 2. The van der Waals surface area contributed by atoms with Crippen LogP contribution in [0.1, 0.15) is 129 Å². The molecule has 0 bridgehead atoms. The molecule has 0 aliphatic rings. The van der Waals surface area contributed by atoms with Crippen LogP contribution < -0.4 is 5.73 Å². The highest BCUT2D eigenvalue weighted by Gasteiger charge is 2.25. The summed E-state index contributed by atoms with van der Waals surface area (Å²) in [6.45, 7) is 3.38. The van der Waals surface area contributed by atoms with Crippen LogP contribution in [-0.2, 0) is 32.7 Å². The first-order valence-electron chi connectivity index (χ1n) is 21.7. The standard InChI is InChI=1S/C49H76NO8P/c1-3-5-7-9-11-13-15-17-19-21-23-25-27-29-31-33-35-37-39-41-48(51)55-45-47(46-57-59(53,54)56-44-43-50)58-49(52)42-40-38-36-34-32-30-28-26-24-22-20-18-16-14-12-10-8-6-4-2/h6,8,11-14,17-20,23-26,29-32,35-38,47H,3-5,7,9-10,15-16,21-22,27-28,33-34,39-46,50H2,1-2H3,(H,53,54). The molecule has 0 aromatic heterocycles. The van der Waals surface area contributed by atoms with Gasteiger partial charge in [-0.1, -0.05) is 160 Å². The van der Waals surface area contributed by atoms with E-state index in [1.165, 1.54) is 25.7 Å². The Morgan fingerprint density at radius 3 is 1.32 bits per heavy atom. The van der Waals surface area contributed by atoms with E-state index < -0.39 is 32.5 Å². The average molecular weight is 838 g/mol. The molecule has 0 spiro atoms. The van der Waals surface area contributed by atoms with Crippen molar-refractivity contribution in [1.29, 1.82) is 0 Å². The number of phosphoric acid groups is 1. The quantitative estimate of drug-likeness (QED) is 0.0270. The minimum Gasteiger partial charge on any atom is -0.462 e. The fraction of sp³-hybridized carbons (Fsp3) is 0.510. The fourth-order valence-electron chi connectivity index (χ4n) is 4.88. The largest absolute Gasteiger partial charge is 0.472 e. The van der Waals surface area contributed by atoms with Crippen molar-refractivity contribution in [3.05, 3.63) is 134 Å². The smallest absolute Gasteiger partial charge is 0.462 e. The second-order valence-corrected chi connectivity index (χ2v) is 14.9. The number of ether oxygens (including phenoxy) is 2. The van der Waals surface area contributed by atoms with Gasteiger partial charge in [0.1, 0.15) is 6.61 Å². The number of rotatable bonds is 38. The first-order valence-corrected chi connectivity index (χ1v) is 23.2. The van der Waals surface area contributed by atoms with E-state index in [4.69, 9.17) is 24.3 Å². The molecule has 0 radical (unpaired) electrons. The molecule has 0 aromatic carbocycles. The van der Waals surface area contributed by atoms with Crippen LogP contribution in [0.25, 0.3) is 0 Å². The van der Waals surface area contributed by atoms with E-state index in [1.807, 2.05) is 24.3 Å². The Bertz CT molecular complexity index is 1420. The van der Waals surface area contributed by atoms with Gasteiger partial charge in [-0.15, -0.1) is 0 Å². The number of nitrogens with two attached hydrogens (primary N) is 1. The van der Waals surface area contributed by atoms with Crippen LogP contribution in [0.2, 0.25) is 0 Å². The van der Waals surface area contributed by atoms with Crippen molar-refractivity contribution in [3.8, 4) is 0 Å². The summed E-state index contributed by atoms with van der Waals surface area (Å²) in [4.78, 5) is 34.8. The Morgan fingerprint density at radius 2 is 0.915 bits per heavy atom. The number of esters is 2. The Balaban J connectivity index is 4.44. The highest BCUT2D eigenvalue weighted by Crippen LogP contribution is 2.43. The molecular formula is C49H76NO8P. The monoisotopic (exact) mass is 838 g/mol. The maximum atomic E-state index is 12.6. The van der Waals surface area contributed by atoms with Gasteiger partial charge in [0.15, 0.2) is 6.10 Å². The van der Waals surface area contributed by atoms with Crippen LogP contribution in [0.5, 0.6) is 0 Å². The highest BCUT2D eigenvalue weighted by molar-refractivity contribution is 7.47. The Morgan fingerprint density at radius 1 is 0.525 bits per heavy atom. The van der Waals surface area contributed by atoms with Crippen molar-refractivity contribution >= 4 is 19.8 Å². The van der Waals surface area contributed by atoms with Gasteiger partial charge in [0.25, 0.3) is 0 Å². The van der Waals surface area contributed by atoms with Crippen molar-refractivity contribution < 1.29 is 37.6 Å². The minimum atomic E-state index is -4.42. The van der Waals surface area contributed by atoms with Gasteiger partial charge in [-0.3, -0.25) is 18.6 Å². The van der Waals surface area contributed by atoms with Crippen LogP contribution in [0, 0.1) is 0 Å². The summed E-state index contributed by atoms with van der Waals surface area (Å²) in [6.07, 6.45) is 60.8. The molecule has 0 amide bonds. The predicted octanol–water partition coefficient (Wildman–Crippen LogP) is 12.7. The van der Waals surface area contributed by atoms with Crippen molar-refractivity contribution in [3.63, 3.8) is 0 Å². The van der Waals surface area contributed by atoms with Crippen molar-refractivity contribution in [1.82, 2.24) is 0 Å². The molecule has 10 heteroatoms. The molecule has 3 N–H and O–H groups in total. The number of hydrogen-bond donors (Lipinski definition) is 2. The third-order valence-electron chi connectivity index (χ3n) is 8.05. The van der Waals surface area contributed by atoms with Crippen LogP contribution in [0.3, 0.4) is 0 Å². The zero-order valence-electron chi connectivity index (χ0n) is 36.2. The molecule has 59 heavy (non-hydrogen) atoms. The predicted molar refractivity (Wildman–Crippen MR) is 247 cm³/mol. The number of phosphoric ester groups is 1.